The number of carbonyl (C=O) groups excluding carboxylic acids is 1. The molecule has 4 nitrogen and oxygen atoms in total. The van der Waals surface area contributed by atoms with Crippen molar-refractivity contribution in [2.24, 2.45) is 0 Å². The highest BCUT2D eigenvalue weighted by Gasteiger charge is 2.15. The number of anilines is 1. The lowest BCUT2D eigenvalue weighted by Gasteiger charge is -2.23. The van der Waals surface area contributed by atoms with Crippen molar-refractivity contribution in [1.29, 1.82) is 0 Å². The summed E-state index contributed by atoms with van der Waals surface area (Å²) in [6.45, 7) is 0. The summed E-state index contributed by atoms with van der Waals surface area (Å²) in [5.74, 6) is 0. The molecule has 20 heavy (non-hydrogen) atoms. The molecule has 0 atom stereocenters. The molecular weight excluding hydrogens is 250 g/mol. The van der Waals surface area contributed by atoms with E-state index in [1.807, 2.05) is 24.3 Å². The maximum atomic E-state index is 12.1. The fourth-order valence-electron chi connectivity index (χ4n) is 2.81. The number of fused-ring (bicyclic) bond motifs is 1. The molecule has 104 valence electrons. The van der Waals surface area contributed by atoms with Crippen LogP contribution in [0.25, 0.3) is 10.8 Å². The predicted molar refractivity (Wildman–Crippen MR) is 80.8 cm³/mol. The number of benzene rings is 1. The first-order chi connectivity index (χ1) is 9.83. The Labute approximate surface area is 118 Å². The molecule has 2 aromatic rings. The number of amides is 2. The first-order valence-electron chi connectivity index (χ1n) is 7.23. The first-order valence-corrected chi connectivity index (χ1v) is 7.23. The quantitative estimate of drug-likeness (QED) is 0.873. The largest absolute Gasteiger partial charge is 0.335 e. The molecule has 1 aliphatic carbocycles. The fourth-order valence-corrected chi connectivity index (χ4v) is 2.81. The second kappa shape index (κ2) is 5.90. The summed E-state index contributed by atoms with van der Waals surface area (Å²) in [5.41, 5.74) is 0.809. The van der Waals surface area contributed by atoms with Gasteiger partial charge in [-0.3, -0.25) is 4.98 Å². The van der Waals surface area contributed by atoms with Crippen molar-refractivity contribution in [1.82, 2.24) is 10.3 Å². The number of nitrogens with zero attached hydrogens (tertiary/aromatic N) is 1. The van der Waals surface area contributed by atoms with Gasteiger partial charge in [0.15, 0.2) is 0 Å². The summed E-state index contributed by atoms with van der Waals surface area (Å²) in [6, 6.07) is 8.01. The molecule has 3 rings (SSSR count). The van der Waals surface area contributed by atoms with Crippen molar-refractivity contribution < 1.29 is 4.79 Å². The van der Waals surface area contributed by atoms with Gasteiger partial charge in [0, 0.05) is 23.8 Å². The van der Waals surface area contributed by atoms with Gasteiger partial charge >= 0.3 is 6.03 Å². The summed E-state index contributed by atoms with van der Waals surface area (Å²) < 4.78 is 0. The number of rotatable bonds is 2. The molecule has 4 heteroatoms. The molecule has 1 aromatic heterocycles. The first kappa shape index (κ1) is 12.9. The third kappa shape index (κ3) is 2.90. The molecule has 1 fully saturated rings. The fraction of sp³-hybridized carbons (Fsp3) is 0.375. The van der Waals surface area contributed by atoms with Gasteiger partial charge in [0.2, 0.25) is 0 Å². The summed E-state index contributed by atoms with van der Waals surface area (Å²) in [5, 5.41) is 8.05. The van der Waals surface area contributed by atoms with Crippen LogP contribution in [0.1, 0.15) is 32.1 Å². The third-order valence-corrected chi connectivity index (χ3v) is 3.87. The van der Waals surface area contributed by atoms with Crippen molar-refractivity contribution in [3.63, 3.8) is 0 Å². The minimum atomic E-state index is -0.117. The maximum Gasteiger partial charge on any atom is 0.319 e. The Balaban J connectivity index is 1.71. The molecule has 0 saturated heterocycles. The number of hydrogen-bond donors (Lipinski definition) is 2. The van der Waals surface area contributed by atoms with Crippen LogP contribution in [-0.4, -0.2) is 17.1 Å². The highest BCUT2D eigenvalue weighted by Crippen LogP contribution is 2.22. The van der Waals surface area contributed by atoms with Crippen molar-refractivity contribution >= 4 is 22.5 Å². The molecule has 1 aliphatic rings. The van der Waals surface area contributed by atoms with Gasteiger partial charge in [-0.25, -0.2) is 4.79 Å². The molecule has 0 bridgehead atoms. The topological polar surface area (TPSA) is 54.0 Å². The Morgan fingerprint density at radius 1 is 1.15 bits per heavy atom. The minimum Gasteiger partial charge on any atom is -0.335 e. The van der Waals surface area contributed by atoms with Crippen molar-refractivity contribution in [3.05, 3.63) is 36.7 Å². The Morgan fingerprint density at radius 3 is 2.85 bits per heavy atom. The molecular formula is C16H19N3O. The third-order valence-electron chi connectivity index (χ3n) is 3.87. The Kier molecular flexibility index (Phi) is 3.81. The lowest BCUT2D eigenvalue weighted by atomic mass is 9.96. The van der Waals surface area contributed by atoms with Crippen LogP contribution in [0, 0.1) is 0 Å². The van der Waals surface area contributed by atoms with Gasteiger partial charge < -0.3 is 10.6 Å². The zero-order chi connectivity index (χ0) is 13.8. The second-order valence-electron chi connectivity index (χ2n) is 5.34. The number of urea groups is 1. The van der Waals surface area contributed by atoms with Crippen LogP contribution in [0.2, 0.25) is 0 Å². The Morgan fingerprint density at radius 2 is 2.00 bits per heavy atom. The molecule has 0 aliphatic heterocycles. The van der Waals surface area contributed by atoms with Gasteiger partial charge in [0.1, 0.15) is 0 Å². The Bertz CT molecular complexity index is 600. The van der Waals surface area contributed by atoms with E-state index in [-0.39, 0.29) is 6.03 Å². The average molecular weight is 269 g/mol. The molecule has 2 N–H and O–H groups in total. The van der Waals surface area contributed by atoms with E-state index in [1.54, 1.807) is 12.4 Å². The van der Waals surface area contributed by atoms with Crippen molar-refractivity contribution in [2.75, 3.05) is 5.32 Å². The summed E-state index contributed by atoms with van der Waals surface area (Å²) >= 11 is 0. The lowest BCUT2D eigenvalue weighted by molar-refractivity contribution is 0.244. The molecule has 1 saturated carbocycles. The van der Waals surface area contributed by atoms with E-state index in [0.29, 0.717) is 6.04 Å². The van der Waals surface area contributed by atoms with Gasteiger partial charge in [0.25, 0.3) is 0 Å². The van der Waals surface area contributed by atoms with Crippen LogP contribution < -0.4 is 10.6 Å². The zero-order valence-electron chi connectivity index (χ0n) is 11.4. The lowest BCUT2D eigenvalue weighted by Crippen LogP contribution is -2.39. The molecule has 1 aromatic carbocycles. The normalized spacial score (nSPS) is 16.0. The SMILES string of the molecule is O=C(Nc1cccc2ccncc12)NC1CCCCC1. The highest BCUT2D eigenvalue weighted by molar-refractivity contribution is 6.01. The van der Waals surface area contributed by atoms with Crippen LogP contribution in [0.5, 0.6) is 0 Å². The standard InChI is InChI=1S/C16H19N3O/c20-16(18-13-6-2-1-3-7-13)19-15-8-4-5-12-9-10-17-11-14(12)15/h4-5,8-11,13H,1-3,6-7H2,(H2,18,19,20). The number of pyridine rings is 1. The van der Waals surface area contributed by atoms with Crippen molar-refractivity contribution in [2.45, 2.75) is 38.1 Å². The van der Waals surface area contributed by atoms with Crippen LogP contribution in [0.15, 0.2) is 36.7 Å². The molecule has 0 radical (unpaired) electrons. The van der Waals surface area contributed by atoms with Gasteiger partial charge in [-0.05, 0) is 30.4 Å². The molecule has 2 amide bonds. The average Bonchev–Trinajstić information content (AvgIpc) is 2.48. The smallest absolute Gasteiger partial charge is 0.319 e. The van der Waals surface area contributed by atoms with Gasteiger partial charge in [-0.15, -0.1) is 0 Å². The Hall–Kier alpha value is -2.10. The number of nitrogens with one attached hydrogen (secondary N) is 2. The number of hydrogen-bond acceptors (Lipinski definition) is 2. The number of aromatic nitrogens is 1. The zero-order valence-corrected chi connectivity index (χ0v) is 11.4. The highest BCUT2D eigenvalue weighted by atomic mass is 16.2. The summed E-state index contributed by atoms with van der Waals surface area (Å²) in [4.78, 5) is 16.2. The van der Waals surface area contributed by atoms with Crippen LogP contribution in [-0.2, 0) is 0 Å². The van der Waals surface area contributed by atoms with Gasteiger partial charge in [-0.2, -0.15) is 0 Å². The van der Waals surface area contributed by atoms with E-state index in [2.05, 4.69) is 15.6 Å². The van der Waals surface area contributed by atoms with E-state index >= 15 is 0 Å². The summed E-state index contributed by atoms with van der Waals surface area (Å²) in [6.07, 6.45) is 9.43. The molecule has 0 spiro atoms. The number of carbonyl (C=O) groups is 1. The van der Waals surface area contributed by atoms with Crippen LogP contribution in [0.3, 0.4) is 0 Å². The summed E-state index contributed by atoms with van der Waals surface area (Å²) in [7, 11) is 0. The van der Waals surface area contributed by atoms with Crippen LogP contribution in [0.4, 0.5) is 10.5 Å². The van der Waals surface area contributed by atoms with Gasteiger partial charge in [-0.1, -0.05) is 31.4 Å². The molecule has 0 unspecified atom stereocenters. The monoisotopic (exact) mass is 269 g/mol. The second-order valence-corrected chi connectivity index (χ2v) is 5.34. The van der Waals surface area contributed by atoms with Gasteiger partial charge in [0.05, 0.1) is 5.69 Å². The maximum absolute atomic E-state index is 12.1. The van der Waals surface area contributed by atoms with E-state index in [4.69, 9.17) is 0 Å². The van der Waals surface area contributed by atoms with E-state index in [0.717, 1.165) is 29.3 Å². The van der Waals surface area contributed by atoms with Crippen LogP contribution >= 0.6 is 0 Å². The minimum absolute atomic E-state index is 0.117. The van der Waals surface area contributed by atoms with E-state index in [1.165, 1.54) is 19.3 Å². The molecule has 1 heterocycles. The van der Waals surface area contributed by atoms with Crippen molar-refractivity contribution in [3.8, 4) is 0 Å². The van der Waals surface area contributed by atoms with E-state index < -0.39 is 0 Å². The predicted octanol–water partition coefficient (Wildman–Crippen LogP) is 3.69. The van der Waals surface area contributed by atoms with E-state index in [9.17, 15) is 4.79 Å².